The molecule has 1 aliphatic rings. The van der Waals surface area contributed by atoms with Crippen LogP contribution in [-0.4, -0.2) is 35.0 Å². The predicted molar refractivity (Wildman–Crippen MR) is 136 cm³/mol. The summed E-state index contributed by atoms with van der Waals surface area (Å²) in [5.41, 5.74) is 3.61. The Morgan fingerprint density at radius 3 is 2.82 bits per heavy atom. The molecular weight excluding hydrogens is 522 g/mol. The van der Waals surface area contributed by atoms with Crippen LogP contribution in [-0.2, 0) is 17.7 Å². The highest BCUT2D eigenvalue weighted by Gasteiger charge is 2.30. The van der Waals surface area contributed by atoms with Gasteiger partial charge in [-0.05, 0) is 49.2 Å². The number of aromatic nitrogens is 1. The number of hydrogen-bond donors (Lipinski definition) is 1. The number of amides is 2. The molecule has 2 aromatic carbocycles. The lowest BCUT2D eigenvalue weighted by Crippen LogP contribution is -2.35. The topological polar surface area (TPSA) is 71.5 Å². The van der Waals surface area contributed by atoms with Crippen LogP contribution in [0.25, 0.3) is 20.8 Å². The molecule has 33 heavy (non-hydrogen) atoms. The van der Waals surface area contributed by atoms with Crippen LogP contribution < -0.4 is 5.32 Å². The maximum Gasteiger partial charge on any atom is 0.410 e. The molecule has 0 unspecified atom stereocenters. The number of para-hydroxylation sites is 1. The third-order valence-corrected chi connectivity index (χ3v) is 8.08. The summed E-state index contributed by atoms with van der Waals surface area (Å²) in [6, 6.07) is 15.3. The van der Waals surface area contributed by atoms with Crippen LogP contribution in [0.15, 0.2) is 53.0 Å². The van der Waals surface area contributed by atoms with E-state index >= 15 is 0 Å². The van der Waals surface area contributed by atoms with Crippen molar-refractivity contribution in [3.63, 3.8) is 0 Å². The molecule has 6 nitrogen and oxygen atoms in total. The number of thiophene rings is 1. The molecule has 0 fully saturated rings. The first-order valence-corrected chi connectivity index (χ1v) is 12.9. The molecule has 0 aliphatic carbocycles. The number of rotatable bonds is 4. The summed E-state index contributed by atoms with van der Waals surface area (Å²) in [7, 11) is 0. The first-order chi connectivity index (χ1) is 16.0. The van der Waals surface area contributed by atoms with Crippen LogP contribution in [0.4, 0.5) is 9.80 Å². The van der Waals surface area contributed by atoms with Crippen molar-refractivity contribution in [2.75, 3.05) is 18.5 Å². The second-order valence-electron chi connectivity index (χ2n) is 7.53. The number of nitrogens with one attached hydrogen (secondary N) is 1. The number of fused-ring (bicyclic) bond motifs is 2. The number of hydrogen-bond acceptors (Lipinski definition) is 6. The summed E-state index contributed by atoms with van der Waals surface area (Å²) in [6.45, 7) is 3.18. The van der Waals surface area contributed by atoms with Crippen molar-refractivity contribution in [3.05, 3.63) is 69.0 Å². The molecule has 0 radical (unpaired) electrons. The van der Waals surface area contributed by atoms with E-state index in [1.54, 1.807) is 35.3 Å². The third-order valence-electron chi connectivity index (χ3n) is 5.40. The normalized spacial score (nSPS) is 13.1. The zero-order chi connectivity index (χ0) is 22.9. The highest BCUT2D eigenvalue weighted by molar-refractivity contribution is 9.10. The van der Waals surface area contributed by atoms with Crippen LogP contribution in [0.1, 0.15) is 27.7 Å². The van der Waals surface area contributed by atoms with Crippen LogP contribution >= 0.6 is 38.6 Å². The molecule has 2 aromatic heterocycles. The van der Waals surface area contributed by atoms with Gasteiger partial charge in [-0.15, -0.1) is 22.7 Å². The van der Waals surface area contributed by atoms with Crippen molar-refractivity contribution in [3.8, 4) is 10.6 Å². The van der Waals surface area contributed by atoms with Crippen LogP contribution in [0, 0.1) is 0 Å². The number of anilines is 1. The van der Waals surface area contributed by atoms with Gasteiger partial charge in [0.2, 0.25) is 0 Å². The molecule has 1 aliphatic heterocycles. The summed E-state index contributed by atoms with van der Waals surface area (Å²) in [4.78, 5) is 33.0. The van der Waals surface area contributed by atoms with Crippen molar-refractivity contribution < 1.29 is 14.3 Å². The number of thiazole rings is 1. The van der Waals surface area contributed by atoms with Gasteiger partial charge in [0.25, 0.3) is 5.91 Å². The minimum absolute atomic E-state index is 0.181. The fraction of sp³-hybridized carbons (Fsp3) is 0.208. The van der Waals surface area contributed by atoms with Crippen molar-refractivity contribution in [1.29, 1.82) is 0 Å². The molecule has 0 bridgehead atoms. The average Bonchev–Trinajstić information content (AvgIpc) is 3.39. The molecular formula is C24H20BrN3O3S2. The lowest BCUT2D eigenvalue weighted by atomic mass is 10.0. The number of halogens is 1. The third kappa shape index (κ3) is 4.40. The Kier molecular flexibility index (Phi) is 6.18. The molecule has 0 saturated heterocycles. The first kappa shape index (κ1) is 22.1. The molecule has 4 aromatic rings. The van der Waals surface area contributed by atoms with Crippen molar-refractivity contribution in [2.24, 2.45) is 0 Å². The van der Waals surface area contributed by atoms with E-state index in [0.29, 0.717) is 31.7 Å². The molecule has 5 rings (SSSR count). The van der Waals surface area contributed by atoms with Gasteiger partial charge in [0.05, 0.1) is 23.4 Å². The summed E-state index contributed by atoms with van der Waals surface area (Å²) in [5, 5.41) is 4.75. The average molecular weight is 542 g/mol. The molecule has 9 heteroatoms. The van der Waals surface area contributed by atoms with Crippen molar-refractivity contribution >= 4 is 65.8 Å². The second kappa shape index (κ2) is 9.24. The summed E-state index contributed by atoms with van der Waals surface area (Å²) in [6.07, 6.45) is 0.376. The van der Waals surface area contributed by atoms with E-state index < -0.39 is 0 Å². The zero-order valence-corrected chi connectivity index (χ0v) is 21.0. The number of carbonyl (C=O) groups excluding carboxylic acids is 2. The van der Waals surface area contributed by atoms with Crippen LogP contribution in [0.3, 0.4) is 0 Å². The highest BCUT2D eigenvalue weighted by Crippen LogP contribution is 2.45. The Bertz CT molecular complexity index is 1330. The molecule has 0 atom stereocenters. The van der Waals surface area contributed by atoms with Gasteiger partial charge in [-0.1, -0.05) is 34.1 Å². The number of nitrogens with zero attached hydrogens (tertiary/aromatic N) is 2. The summed E-state index contributed by atoms with van der Waals surface area (Å²) < 4.78 is 7.14. The van der Waals surface area contributed by atoms with Gasteiger partial charge in [0.15, 0.2) is 0 Å². The predicted octanol–water partition coefficient (Wildman–Crippen LogP) is 6.55. The van der Waals surface area contributed by atoms with Gasteiger partial charge in [0, 0.05) is 27.0 Å². The minimum Gasteiger partial charge on any atom is -0.450 e. The van der Waals surface area contributed by atoms with Crippen molar-refractivity contribution in [1.82, 2.24) is 9.88 Å². The lowest BCUT2D eigenvalue weighted by molar-refractivity contribution is 0.102. The van der Waals surface area contributed by atoms with E-state index in [-0.39, 0.29) is 12.0 Å². The minimum atomic E-state index is -0.308. The van der Waals surface area contributed by atoms with E-state index in [2.05, 4.69) is 27.3 Å². The zero-order valence-electron chi connectivity index (χ0n) is 17.8. The number of carbonyl (C=O) groups is 2. The molecule has 2 amide bonds. The smallest absolute Gasteiger partial charge is 0.410 e. The van der Waals surface area contributed by atoms with Crippen LogP contribution in [0.2, 0.25) is 0 Å². The Labute approximate surface area is 207 Å². The van der Waals surface area contributed by atoms with Gasteiger partial charge in [-0.2, -0.15) is 0 Å². The molecule has 3 heterocycles. The quantitative estimate of drug-likeness (QED) is 0.317. The maximum atomic E-state index is 13.1. The first-order valence-electron chi connectivity index (χ1n) is 10.5. The van der Waals surface area contributed by atoms with Crippen LogP contribution in [0.5, 0.6) is 0 Å². The molecule has 0 saturated carbocycles. The van der Waals surface area contributed by atoms with Gasteiger partial charge in [0.1, 0.15) is 10.0 Å². The van der Waals surface area contributed by atoms with Gasteiger partial charge >= 0.3 is 6.09 Å². The Hall–Kier alpha value is -2.75. The fourth-order valence-electron chi connectivity index (χ4n) is 3.87. The maximum absolute atomic E-state index is 13.1. The van der Waals surface area contributed by atoms with E-state index in [0.717, 1.165) is 40.7 Å². The molecule has 1 N–H and O–H groups in total. The molecule has 168 valence electrons. The second-order valence-corrected chi connectivity index (χ2v) is 10.6. The van der Waals surface area contributed by atoms with Gasteiger partial charge in [-0.3, -0.25) is 4.79 Å². The van der Waals surface area contributed by atoms with E-state index in [9.17, 15) is 9.59 Å². The Balaban J connectivity index is 1.56. The monoisotopic (exact) mass is 541 g/mol. The SMILES string of the molecule is CCOC(=O)N1CCc2c(sc(NC(=O)c3cccc(Br)c3)c2-c2nc3ccccc3s2)C1. The number of benzene rings is 2. The Morgan fingerprint density at radius 1 is 1.18 bits per heavy atom. The van der Waals surface area contributed by atoms with Gasteiger partial charge in [-0.25, -0.2) is 9.78 Å². The standard InChI is InChI=1S/C24H20BrN3O3S2/c1-2-31-24(30)28-11-10-16-19(13-28)33-23(27-21(29)14-6-5-7-15(25)12-14)20(16)22-26-17-8-3-4-9-18(17)32-22/h3-9,12H,2,10-11,13H2,1H3,(H,27,29). The fourth-order valence-corrected chi connectivity index (χ4v) is 6.64. The molecule has 0 spiro atoms. The Morgan fingerprint density at radius 2 is 2.03 bits per heavy atom. The highest BCUT2D eigenvalue weighted by atomic mass is 79.9. The van der Waals surface area contributed by atoms with E-state index in [1.807, 2.05) is 30.3 Å². The number of ether oxygens (including phenoxy) is 1. The van der Waals surface area contributed by atoms with E-state index in [4.69, 9.17) is 9.72 Å². The van der Waals surface area contributed by atoms with E-state index in [1.165, 1.54) is 11.3 Å². The lowest BCUT2D eigenvalue weighted by Gasteiger charge is -2.26. The summed E-state index contributed by atoms with van der Waals surface area (Å²) >= 11 is 6.55. The van der Waals surface area contributed by atoms with Gasteiger partial charge < -0.3 is 15.0 Å². The largest absolute Gasteiger partial charge is 0.450 e. The summed E-state index contributed by atoms with van der Waals surface area (Å²) in [5.74, 6) is -0.181. The van der Waals surface area contributed by atoms with Crippen molar-refractivity contribution in [2.45, 2.75) is 19.9 Å².